The topological polar surface area (TPSA) is 283 Å². The van der Waals surface area contributed by atoms with E-state index in [1.54, 1.807) is 0 Å². The molecule has 0 saturated heterocycles. The fourth-order valence-corrected chi connectivity index (χ4v) is 9.00. The van der Waals surface area contributed by atoms with Crippen LogP contribution in [0.25, 0.3) is 0 Å². The standard InChI is InChI=1S/C68H118O21/c1-3-5-36-58(4-2)57-89-68(79)46-25-15-35-56-88-67(78)45-24-14-34-55-87-66(77)44-23-13-33-54-86-65(76)43-22-12-32-53-85-64(75)42-21-11-31-52-84-63(74)41-20-10-30-51-83-62(73)40-19-9-29-50-82-61(72)39-18-8-28-49-81-60(71)38-17-7-27-48-80-59(70)37-16-6-26-47-69/h58,69H,3-57H2,1-2H3. The van der Waals surface area contributed by atoms with E-state index in [2.05, 4.69) is 13.8 Å². The molecule has 0 bridgehead atoms. The van der Waals surface area contributed by atoms with Crippen molar-refractivity contribution in [3.8, 4) is 0 Å². The molecule has 89 heavy (non-hydrogen) atoms. The summed E-state index contributed by atoms with van der Waals surface area (Å²) in [6, 6.07) is 0. The van der Waals surface area contributed by atoms with Crippen molar-refractivity contribution in [3.05, 3.63) is 0 Å². The fraction of sp³-hybridized carbons (Fsp3) is 0.853. The van der Waals surface area contributed by atoms with Crippen molar-refractivity contribution < 1.29 is 100 Å². The van der Waals surface area contributed by atoms with Gasteiger partial charge in [0.25, 0.3) is 0 Å². The molecule has 0 rings (SSSR count). The van der Waals surface area contributed by atoms with Gasteiger partial charge in [-0.15, -0.1) is 0 Å². The molecule has 1 unspecified atom stereocenters. The van der Waals surface area contributed by atoms with E-state index in [1.165, 1.54) is 0 Å². The van der Waals surface area contributed by atoms with Crippen molar-refractivity contribution in [2.45, 2.75) is 296 Å². The molecule has 0 heterocycles. The Morgan fingerprint density at radius 1 is 0.236 bits per heavy atom. The minimum Gasteiger partial charge on any atom is -0.466 e. The summed E-state index contributed by atoms with van der Waals surface area (Å²) in [6.45, 7) is 7.66. The molecule has 0 amide bonds. The van der Waals surface area contributed by atoms with Crippen molar-refractivity contribution in [2.75, 3.05) is 72.7 Å². The van der Waals surface area contributed by atoms with Crippen LogP contribution in [0, 0.1) is 5.92 Å². The highest BCUT2D eigenvalue weighted by molar-refractivity contribution is 5.72. The summed E-state index contributed by atoms with van der Waals surface area (Å²) < 4.78 is 52.9. The summed E-state index contributed by atoms with van der Waals surface area (Å²) in [4.78, 5) is 120. The minimum atomic E-state index is -0.279. The number of unbranched alkanes of at least 4 members (excludes halogenated alkanes) is 21. The number of rotatable bonds is 65. The van der Waals surface area contributed by atoms with Crippen LogP contribution < -0.4 is 0 Å². The SMILES string of the molecule is CCCCC(CC)COC(=O)CCCCCOC(=O)CCCCCOC(=O)CCCCCOC(=O)CCCCCOC(=O)CCCCCOC(=O)CCCCCOC(=O)CCCCCOC(=O)CCCCCOC(=O)CCCCCOC(=O)CCCCCO. The minimum absolute atomic E-state index is 0.131. The number of hydrogen-bond acceptors (Lipinski definition) is 21. The van der Waals surface area contributed by atoms with Gasteiger partial charge in [-0.05, 0) is 199 Å². The number of esters is 10. The second kappa shape index (κ2) is 64.2. The zero-order valence-electron chi connectivity index (χ0n) is 55.1. The van der Waals surface area contributed by atoms with E-state index in [9.17, 15) is 47.9 Å². The van der Waals surface area contributed by atoms with Crippen LogP contribution in [-0.2, 0) is 95.3 Å². The predicted molar refractivity (Wildman–Crippen MR) is 335 cm³/mol. The van der Waals surface area contributed by atoms with Crippen LogP contribution in [0.4, 0.5) is 0 Å². The number of carbonyl (C=O) groups is 10. The van der Waals surface area contributed by atoms with Gasteiger partial charge in [0, 0.05) is 70.8 Å². The Balaban J connectivity index is 3.53. The summed E-state index contributed by atoms with van der Waals surface area (Å²) >= 11 is 0. The first-order valence-corrected chi connectivity index (χ1v) is 34.5. The zero-order valence-corrected chi connectivity index (χ0v) is 55.1. The van der Waals surface area contributed by atoms with Crippen molar-refractivity contribution in [2.24, 2.45) is 5.92 Å². The summed E-state index contributed by atoms with van der Waals surface area (Å²) in [5.41, 5.74) is 0. The number of aliphatic hydroxyl groups is 1. The van der Waals surface area contributed by atoms with Gasteiger partial charge in [0.1, 0.15) is 0 Å². The van der Waals surface area contributed by atoms with Gasteiger partial charge in [-0.2, -0.15) is 0 Å². The van der Waals surface area contributed by atoms with E-state index >= 15 is 0 Å². The molecule has 0 aromatic heterocycles. The molecule has 0 aliphatic heterocycles. The Morgan fingerprint density at radius 2 is 0.416 bits per heavy atom. The van der Waals surface area contributed by atoms with Gasteiger partial charge in [0.05, 0.1) is 66.1 Å². The summed E-state index contributed by atoms with van der Waals surface area (Å²) in [6.07, 6.45) is 28.2. The first kappa shape index (κ1) is 83.7. The van der Waals surface area contributed by atoms with Crippen LogP contribution in [-0.4, -0.2) is 137 Å². The molecule has 21 nitrogen and oxygen atoms in total. The van der Waals surface area contributed by atoms with Gasteiger partial charge in [-0.25, -0.2) is 0 Å². The lowest BCUT2D eigenvalue weighted by Crippen LogP contribution is -2.13. The number of aliphatic hydroxyl groups excluding tert-OH is 1. The number of hydrogen-bond donors (Lipinski definition) is 1. The maximum Gasteiger partial charge on any atom is 0.305 e. The normalized spacial score (nSPS) is 11.3. The second-order valence-electron chi connectivity index (χ2n) is 22.9. The molecule has 0 radical (unpaired) electrons. The molecular formula is C68H118O21. The zero-order chi connectivity index (χ0) is 65.3. The highest BCUT2D eigenvalue weighted by Gasteiger charge is 2.13. The lowest BCUT2D eigenvalue weighted by Gasteiger charge is -2.14. The van der Waals surface area contributed by atoms with Crippen molar-refractivity contribution in [3.63, 3.8) is 0 Å². The maximum absolute atomic E-state index is 12.1. The molecule has 21 heteroatoms. The van der Waals surface area contributed by atoms with Crippen LogP contribution >= 0.6 is 0 Å². The van der Waals surface area contributed by atoms with E-state index < -0.39 is 0 Å². The largest absolute Gasteiger partial charge is 0.466 e. The summed E-state index contributed by atoms with van der Waals surface area (Å²) in [5.74, 6) is -2.09. The fourth-order valence-electron chi connectivity index (χ4n) is 9.00. The Labute approximate surface area is 533 Å². The van der Waals surface area contributed by atoms with Crippen LogP contribution in [0.3, 0.4) is 0 Å². The number of carbonyl (C=O) groups excluding carboxylic acids is 10. The highest BCUT2D eigenvalue weighted by atomic mass is 16.6. The van der Waals surface area contributed by atoms with E-state index in [0.29, 0.717) is 219 Å². The Hall–Kier alpha value is -5.34. The number of ether oxygens (including phenoxy) is 10. The molecule has 516 valence electrons. The van der Waals surface area contributed by atoms with Gasteiger partial charge in [0.2, 0.25) is 0 Å². The average Bonchev–Trinajstić information content (AvgIpc) is 3.52. The maximum atomic E-state index is 12.1. The molecule has 0 aliphatic rings. The first-order chi connectivity index (χ1) is 43.3. The highest BCUT2D eigenvalue weighted by Crippen LogP contribution is 2.15. The lowest BCUT2D eigenvalue weighted by molar-refractivity contribution is -0.146. The molecule has 0 aliphatic carbocycles. The molecule has 0 saturated carbocycles. The Morgan fingerprint density at radius 3 is 0.584 bits per heavy atom. The molecular weight excluding hydrogens is 1150 g/mol. The van der Waals surface area contributed by atoms with Crippen molar-refractivity contribution in [1.82, 2.24) is 0 Å². The van der Waals surface area contributed by atoms with Crippen LogP contribution in [0.15, 0.2) is 0 Å². The van der Waals surface area contributed by atoms with E-state index in [0.717, 1.165) is 89.9 Å². The average molecular weight is 1270 g/mol. The van der Waals surface area contributed by atoms with Gasteiger partial charge >= 0.3 is 59.7 Å². The van der Waals surface area contributed by atoms with Crippen LogP contribution in [0.2, 0.25) is 0 Å². The molecule has 1 atom stereocenters. The lowest BCUT2D eigenvalue weighted by atomic mass is 10.0. The molecule has 0 spiro atoms. The first-order valence-electron chi connectivity index (χ1n) is 34.5. The summed E-state index contributed by atoms with van der Waals surface area (Å²) in [7, 11) is 0. The smallest absolute Gasteiger partial charge is 0.305 e. The van der Waals surface area contributed by atoms with Gasteiger partial charge in [-0.1, -0.05) is 39.5 Å². The third kappa shape index (κ3) is 62.6. The van der Waals surface area contributed by atoms with Crippen LogP contribution in [0.5, 0.6) is 0 Å². The Bertz CT molecular complexity index is 1820. The van der Waals surface area contributed by atoms with E-state index in [4.69, 9.17) is 52.5 Å². The predicted octanol–water partition coefficient (Wildman–Crippen LogP) is 13.2. The van der Waals surface area contributed by atoms with Gasteiger partial charge < -0.3 is 52.5 Å². The Kier molecular flexibility index (Phi) is 60.3. The van der Waals surface area contributed by atoms with E-state index in [1.807, 2.05) is 0 Å². The summed E-state index contributed by atoms with van der Waals surface area (Å²) in [5, 5.41) is 8.76. The molecule has 0 aromatic rings. The molecule has 1 N–H and O–H groups in total. The van der Waals surface area contributed by atoms with Gasteiger partial charge in [-0.3, -0.25) is 47.9 Å². The van der Waals surface area contributed by atoms with Crippen molar-refractivity contribution >= 4 is 59.7 Å². The van der Waals surface area contributed by atoms with E-state index in [-0.39, 0.29) is 112 Å². The third-order valence-corrected chi connectivity index (χ3v) is 14.7. The third-order valence-electron chi connectivity index (χ3n) is 14.7. The second-order valence-corrected chi connectivity index (χ2v) is 22.9. The van der Waals surface area contributed by atoms with Gasteiger partial charge in [0.15, 0.2) is 0 Å². The quantitative estimate of drug-likeness (QED) is 0.0336. The monoisotopic (exact) mass is 1270 g/mol. The molecule has 0 aromatic carbocycles. The molecule has 0 fully saturated rings. The van der Waals surface area contributed by atoms with Crippen LogP contribution in [0.1, 0.15) is 296 Å². The van der Waals surface area contributed by atoms with Crippen molar-refractivity contribution in [1.29, 1.82) is 0 Å².